The van der Waals surface area contributed by atoms with Crippen LogP contribution in [0.3, 0.4) is 0 Å². The van der Waals surface area contributed by atoms with Gasteiger partial charge in [-0.15, -0.1) is 0 Å². The molecule has 1 unspecified atom stereocenters. The first kappa shape index (κ1) is 14.1. The molecule has 0 saturated heterocycles. The minimum absolute atomic E-state index is 0.00201. The maximum absolute atomic E-state index is 11.8. The minimum Gasteiger partial charge on any atom is -0.484 e. The molecule has 2 aromatic rings. The molecule has 0 aliphatic heterocycles. The number of rotatable bonds is 5. The molecule has 0 saturated carbocycles. The van der Waals surface area contributed by atoms with E-state index in [1.165, 1.54) is 0 Å². The highest BCUT2D eigenvalue weighted by atomic mass is 16.5. The molecule has 0 aliphatic carbocycles. The summed E-state index contributed by atoms with van der Waals surface area (Å²) in [6.07, 6.45) is 1.71. The fourth-order valence-corrected chi connectivity index (χ4v) is 1.85. The number of hydrogen-bond donors (Lipinski definition) is 1. The number of ether oxygens (including phenoxy) is 1. The van der Waals surface area contributed by atoms with Crippen molar-refractivity contribution in [1.82, 2.24) is 10.3 Å². The highest BCUT2D eigenvalue weighted by Crippen LogP contribution is 2.16. The summed E-state index contributed by atoms with van der Waals surface area (Å²) in [5.41, 5.74) is 1.84. The summed E-state index contributed by atoms with van der Waals surface area (Å²) >= 11 is 0. The lowest BCUT2D eigenvalue weighted by Crippen LogP contribution is -2.31. The lowest BCUT2D eigenvalue weighted by Gasteiger charge is -2.14. The van der Waals surface area contributed by atoms with Crippen molar-refractivity contribution in [1.29, 1.82) is 0 Å². The van der Waals surface area contributed by atoms with Gasteiger partial charge in [0, 0.05) is 6.20 Å². The molecule has 4 nitrogen and oxygen atoms in total. The maximum atomic E-state index is 11.8. The van der Waals surface area contributed by atoms with Crippen molar-refractivity contribution < 1.29 is 9.53 Å². The standard InChI is InChI=1S/C16H18N2O2/c1-12-7-3-4-9-15(12)20-11-16(19)18-13(2)14-8-5-6-10-17-14/h3-10,13H,11H2,1-2H3,(H,18,19). The van der Waals surface area contributed by atoms with E-state index in [2.05, 4.69) is 10.3 Å². The second kappa shape index (κ2) is 6.70. The van der Waals surface area contributed by atoms with Gasteiger partial charge < -0.3 is 10.1 Å². The van der Waals surface area contributed by atoms with Crippen molar-refractivity contribution in [3.05, 3.63) is 59.9 Å². The highest BCUT2D eigenvalue weighted by Gasteiger charge is 2.11. The van der Waals surface area contributed by atoms with E-state index in [-0.39, 0.29) is 18.6 Å². The number of aryl methyl sites for hydroxylation is 1. The van der Waals surface area contributed by atoms with Gasteiger partial charge in [-0.2, -0.15) is 0 Å². The van der Waals surface area contributed by atoms with Crippen LogP contribution in [0.4, 0.5) is 0 Å². The molecular weight excluding hydrogens is 252 g/mol. The molecule has 0 fully saturated rings. The summed E-state index contributed by atoms with van der Waals surface area (Å²) in [6.45, 7) is 3.85. The molecule has 20 heavy (non-hydrogen) atoms. The summed E-state index contributed by atoms with van der Waals surface area (Å²) in [5, 5.41) is 2.86. The molecule has 0 aliphatic rings. The zero-order valence-electron chi connectivity index (χ0n) is 11.7. The number of amides is 1. The second-order valence-corrected chi connectivity index (χ2v) is 4.60. The predicted octanol–water partition coefficient (Wildman–Crippen LogP) is 2.65. The Labute approximate surface area is 118 Å². The average molecular weight is 270 g/mol. The van der Waals surface area contributed by atoms with Gasteiger partial charge in [-0.05, 0) is 37.6 Å². The van der Waals surface area contributed by atoms with Gasteiger partial charge in [-0.3, -0.25) is 9.78 Å². The van der Waals surface area contributed by atoms with E-state index < -0.39 is 0 Å². The third-order valence-corrected chi connectivity index (χ3v) is 2.96. The van der Waals surface area contributed by atoms with Gasteiger partial charge in [-0.1, -0.05) is 24.3 Å². The van der Waals surface area contributed by atoms with Crippen LogP contribution in [0.5, 0.6) is 5.75 Å². The number of benzene rings is 1. The highest BCUT2D eigenvalue weighted by molar-refractivity contribution is 5.78. The first-order chi connectivity index (χ1) is 9.66. The molecule has 1 aromatic heterocycles. The average Bonchev–Trinajstić information content (AvgIpc) is 2.47. The van der Waals surface area contributed by atoms with E-state index in [4.69, 9.17) is 4.74 Å². The van der Waals surface area contributed by atoms with Crippen molar-refractivity contribution in [2.45, 2.75) is 19.9 Å². The van der Waals surface area contributed by atoms with Gasteiger partial charge in [0.2, 0.25) is 0 Å². The van der Waals surface area contributed by atoms with Gasteiger partial charge in [0.25, 0.3) is 5.91 Å². The first-order valence-electron chi connectivity index (χ1n) is 6.55. The minimum atomic E-state index is -0.161. The molecule has 0 spiro atoms. The van der Waals surface area contributed by atoms with Crippen molar-refractivity contribution in [2.24, 2.45) is 0 Å². The van der Waals surface area contributed by atoms with E-state index in [0.29, 0.717) is 0 Å². The monoisotopic (exact) mass is 270 g/mol. The molecule has 1 heterocycles. The Kier molecular flexibility index (Phi) is 4.71. The van der Waals surface area contributed by atoms with Crippen LogP contribution in [0.25, 0.3) is 0 Å². The zero-order chi connectivity index (χ0) is 14.4. The summed E-state index contributed by atoms with van der Waals surface area (Å²) in [6, 6.07) is 13.1. The van der Waals surface area contributed by atoms with Gasteiger partial charge >= 0.3 is 0 Å². The molecular formula is C16H18N2O2. The summed E-state index contributed by atoms with van der Waals surface area (Å²) in [4.78, 5) is 16.1. The fourth-order valence-electron chi connectivity index (χ4n) is 1.85. The van der Waals surface area contributed by atoms with E-state index in [1.807, 2.05) is 56.3 Å². The maximum Gasteiger partial charge on any atom is 0.258 e. The Bertz CT molecular complexity index is 570. The van der Waals surface area contributed by atoms with Crippen LogP contribution in [-0.2, 0) is 4.79 Å². The van der Waals surface area contributed by atoms with Gasteiger partial charge in [0.1, 0.15) is 5.75 Å². The van der Waals surface area contributed by atoms with Crippen LogP contribution in [0, 0.1) is 6.92 Å². The smallest absolute Gasteiger partial charge is 0.258 e. The van der Waals surface area contributed by atoms with Crippen molar-refractivity contribution in [3.63, 3.8) is 0 Å². The van der Waals surface area contributed by atoms with E-state index in [1.54, 1.807) is 6.20 Å². The normalized spacial score (nSPS) is 11.7. The molecule has 1 atom stereocenters. The zero-order valence-corrected chi connectivity index (χ0v) is 11.7. The summed E-state index contributed by atoms with van der Waals surface area (Å²) in [5.74, 6) is 0.569. The van der Waals surface area contributed by atoms with Crippen molar-refractivity contribution in [2.75, 3.05) is 6.61 Å². The Morgan fingerprint density at radius 2 is 2.00 bits per heavy atom. The van der Waals surface area contributed by atoms with Gasteiger partial charge in [-0.25, -0.2) is 0 Å². The molecule has 1 N–H and O–H groups in total. The molecule has 1 amide bonds. The van der Waals surface area contributed by atoms with Crippen molar-refractivity contribution >= 4 is 5.91 Å². The molecule has 4 heteroatoms. The van der Waals surface area contributed by atoms with Crippen LogP contribution in [0.15, 0.2) is 48.7 Å². The largest absolute Gasteiger partial charge is 0.484 e. The van der Waals surface area contributed by atoms with Crippen LogP contribution in [0.1, 0.15) is 24.2 Å². The fraction of sp³-hybridized carbons (Fsp3) is 0.250. The number of carbonyl (C=O) groups is 1. The van der Waals surface area contributed by atoms with E-state index in [0.717, 1.165) is 17.0 Å². The Morgan fingerprint density at radius 1 is 1.25 bits per heavy atom. The topological polar surface area (TPSA) is 51.2 Å². The van der Waals surface area contributed by atoms with Gasteiger partial charge in [0.15, 0.2) is 6.61 Å². The summed E-state index contributed by atoms with van der Waals surface area (Å²) in [7, 11) is 0. The number of carbonyl (C=O) groups excluding carboxylic acids is 1. The summed E-state index contributed by atoms with van der Waals surface area (Å²) < 4.78 is 5.50. The SMILES string of the molecule is Cc1ccccc1OCC(=O)NC(C)c1ccccn1. The Balaban J connectivity index is 1.86. The Hall–Kier alpha value is -2.36. The second-order valence-electron chi connectivity index (χ2n) is 4.60. The lowest BCUT2D eigenvalue weighted by atomic mass is 10.2. The third-order valence-electron chi connectivity index (χ3n) is 2.96. The number of aromatic nitrogens is 1. The van der Waals surface area contributed by atoms with Crippen LogP contribution in [-0.4, -0.2) is 17.5 Å². The number of nitrogens with one attached hydrogen (secondary N) is 1. The molecule has 0 radical (unpaired) electrons. The van der Waals surface area contributed by atoms with Crippen molar-refractivity contribution in [3.8, 4) is 5.75 Å². The number of para-hydroxylation sites is 1. The Morgan fingerprint density at radius 3 is 2.70 bits per heavy atom. The molecule has 0 bridgehead atoms. The quantitative estimate of drug-likeness (QED) is 0.908. The molecule has 2 rings (SSSR count). The molecule has 104 valence electrons. The third kappa shape index (κ3) is 3.82. The van der Waals surface area contributed by atoms with Crippen LogP contribution in [0.2, 0.25) is 0 Å². The van der Waals surface area contributed by atoms with Crippen LogP contribution < -0.4 is 10.1 Å². The van der Waals surface area contributed by atoms with E-state index in [9.17, 15) is 4.79 Å². The molecule has 1 aromatic carbocycles. The first-order valence-corrected chi connectivity index (χ1v) is 6.55. The van der Waals surface area contributed by atoms with E-state index >= 15 is 0 Å². The van der Waals surface area contributed by atoms with Crippen LogP contribution >= 0.6 is 0 Å². The number of hydrogen-bond acceptors (Lipinski definition) is 3. The number of nitrogens with zero attached hydrogens (tertiary/aromatic N) is 1. The van der Waals surface area contributed by atoms with Gasteiger partial charge in [0.05, 0.1) is 11.7 Å². The number of pyridine rings is 1. The lowest BCUT2D eigenvalue weighted by molar-refractivity contribution is -0.123. The predicted molar refractivity (Wildman–Crippen MR) is 77.5 cm³/mol.